The number of hydrogen-bond acceptors (Lipinski definition) is 5. The third-order valence-electron chi connectivity index (χ3n) is 2.31. The Bertz CT molecular complexity index is 305. The first-order valence-electron chi connectivity index (χ1n) is 4.84. The number of nitrogen functional groups attached to an aromatic ring is 1. The van der Waals surface area contributed by atoms with Crippen LogP contribution in [0.25, 0.3) is 0 Å². The summed E-state index contributed by atoms with van der Waals surface area (Å²) < 4.78 is 5.09. The lowest BCUT2D eigenvalue weighted by Crippen LogP contribution is -2.33. The lowest BCUT2D eigenvalue weighted by molar-refractivity contribution is 0.183. The van der Waals surface area contributed by atoms with Gasteiger partial charge in [-0.05, 0) is 19.1 Å². The van der Waals surface area contributed by atoms with Gasteiger partial charge in [-0.2, -0.15) is 0 Å². The first-order chi connectivity index (χ1) is 7.19. The van der Waals surface area contributed by atoms with Gasteiger partial charge in [0.15, 0.2) is 0 Å². The van der Waals surface area contributed by atoms with Crippen LogP contribution in [0.3, 0.4) is 0 Å². The van der Waals surface area contributed by atoms with Crippen LogP contribution in [0.4, 0.5) is 11.6 Å². The van der Waals surface area contributed by atoms with Crippen LogP contribution in [0.2, 0.25) is 0 Å². The highest BCUT2D eigenvalue weighted by Gasteiger charge is 2.10. The third kappa shape index (κ3) is 3.07. The zero-order valence-electron chi connectivity index (χ0n) is 9.40. The van der Waals surface area contributed by atoms with Crippen LogP contribution >= 0.6 is 0 Å². The van der Waals surface area contributed by atoms with Gasteiger partial charge in [0.25, 0.3) is 0 Å². The molecule has 0 amide bonds. The number of nitrogens with two attached hydrogens (primary N) is 1. The summed E-state index contributed by atoms with van der Waals surface area (Å²) in [6.45, 7) is 2.74. The van der Waals surface area contributed by atoms with Gasteiger partial charge in [-0.15, -0.1) is 0 Å². The van der Waals surface area contributed by atoms with Crippen molar-refractivity contribution in [3.05, 3.63) is 18.2 Å². The molecule has 3 N–H and O–H groups in total. The minimum atomic E-state index is 0.274. The summed E-state index contributed by atoms with van der Waals surface area (Å²) >= 11 is 0. The number of rotatable bonds is 5. The van der Waals surface area contributed by atoms with E-state index >= 15 is 0 Å². The van der Waals surface area contributed by atoms with Crippen molar-refractivity contribution in [3.8, 4) is 0 Å². The van der Waals surface area contributed by atoms with E-state index in [-0.39, 0.29) is 6.04 Å². The number of pyridine rings is 1. The summed E-state index contributed by atoms with van der Waals surface area (Å²) in [6.07, 6.45) is 0. The number of nitrogens with zero attached hydrogens (tertiary/aromatic N) is 2. The van der Waals surface area contributed by atoms with Crippen LogP contribution in [0.1, 0.15) is 6.92 Å². The number of hydrogen-bond donors (Lipinski definition) is 2. The van der Waals surface area contributed by atoms with Crippen LogP contribution in [-0.4, -0.2) is 31.8 Å². The van der Waals surface area contributed by atoms with Crippen molar-refractivity contribution in [3.63, 3.8) is 0 Å². The van der Waals surface area contributed by atoms with Gasteiger partial charge < -0.3 is 15.1 Å². The maximum Gasteiger partial charge on any atom is 0.142 e. The van der Waals surface area contributed by atoms with Crippen LogP contribution in [0, 0.1) is 0 Å². The second-order valence-electron chi connectivity index (χ2n) is 3.44. The first kappa shape index (κ1) is 11.7. The molecule has 5 nitrogen and oxygen atoms in total. The predicted octanol–water partition coefficient (Wildman–Crippen LogP) is 0.838. The fourth-order valence-electron chi connectivity index (χ4n) is 1.28. The fraction of sp³-hybridized carbons (Fsp3) is 0.500. The fourth-order valence-corrected chi connectivity index (χ4v) is 1.28. The second kappa shape index (κ2) is 5.53. The number of nitrogens with one attached hydrogen (secondary N) is 1. The van der Waals surface area contributed by atoms with Gasteiger partial charge in [-0.3, -0.25) is 0 Å². The van der Waals surface area contributed by atoms with Crippen LogP contribution < -0.4 is 16.2 Å². The second-order valence-corrected chi connectivity index (χ2v) is 3.44. The van der Waals surface area contributed by atoms with Crippen molar-refractivity contribution < 1.29 is 4.74 Å². The van der Waals surface area contributed by atoms with E-state index in [1.165, 1.54) is 0 Å². The summed E-state index contributed by atoms with van der Waals surface area (Å²) in [5, 5.41) is 0. The Kier molecular flexibility index (Phi) is 4.33. The highest BCUT2D eigenvalue weighted by Crippen LogP contribution is 2.14. The van der Waals surface area contributed by atoms with Crippen LogP contribution in [0.15, 0.2) is 18.2 Å². The average Bonchev–Trinajstić information content (AvgIpc) is 2.28. The molecule has 0 fully saturated rings. The molecule has 5 heteroatoms. The lowest BCUT2D eigenvalue weighted by Gasteiger charge is -2.25. The lowest BCUT2D eigenvalue weighted by atomic mass is 10.3. The molecule has 0 aromatic carbocycles. The number of hydrazine groups is 1. The minimum Gasteiger partial charge on any atom is -0.383 e. The monoisotopic (exact) mass is 210 g/mol. The maximum absolute atomic E-state index is 5.30. The number of anilines is 2. The molecule has 1 unspecified atom stereocenters. The molecule has 1 atom stereocenters. The molecule has 0 radical (unpaired) electrons. The van der Waals surface area contributed by atoms with E-state index in [2.05, 4.69) is 17.3 Å². The smallest absolute Gasteiger partial charge is 0.142 e. The zero-order valence-corrected chi connectivity index (χ0v) is 9.40. The van der Waals surface area contributed by atoms with Crippen LogP contribution in [0.5, 0.6) is 0 Å². The average molecular weight is 210 g/mol. The van der Waals surface area contributed by atoms with E-state index in [9.17, 15) is 0 Å². The largest absolute Gasteiger partial charge is 0.383 e. The van der Waals surface area contributed by atoms with Crippen molar-refractivity contribution in [2.45, 2.75) is 13.0 Å². The molecule has 0 aliphatic heterocycles. The molecule has 0 saturated carbocycles. The molecule has 0 aliphatic carbocycles. The van der Waals surface area contributed by atoms with Gasteiger partial charge in [-0.1, -0.05) is 6.07 Å². The minimum absolute atomic E-state index is 0.274. The highest BCUT2D eigenvalue weighted by atomic mass is 16.5. The van der Waals surface area contributed by atoms with Gasteiger partial charge in [0.1, 0.15) is 11.6 Å². The molecule has 0 spiro atoms. The van der Waals surface area contributed by atoms with Gasteiger partial charge in [0, 0.05) is 14.2 Å². The first-order valence-corrected chi connectivity index (χ1v) is 4.84. The molecule has 0 saturated heterocycles. The normalized spacial score (nSPS) is 12.3. The highest BCUT2D eigenvalue weighted by molar-refractivity contribution is 5.46. The van der Waals surface area contributed by atoms with E-state index in [0.717, 1.165) is 5.82 Å². The number of methoxy groups -OCH3 is 1. The predicted molar refractivity (Wildman–Crippen MR) is 61.8 cm³/mol. The van der Waals surface area contributed by atoms with E-state index < -0.39 is 0 Å². The third-order valence-corrected chi connectivity index (χ3v) is 2.31. The molecular weight excluding hydrogens is 192 g/mol. The summed E-state index contributed by atoms with van der Waals surface area (Å²) in [5.41, 5.74) is 2.52. The van der Waals surface area contributed by atoms with Crippen molar-refractivity contribution in [2.75, 3.05) is 31.1 Å². The molecule has 1 aromatic rings. The van der Waals surface area contributed by atoms with E-state index in [0.29, 0.717) is 12.4 Å². The summed E-state index contributed by atoms with van der Waals surface area (Å²) in [6, 6.07) is 5.94. The van der Waals surface area contributed by atoms with Crippen molar-refractivity contribution in [2.24, 2.45) is 5.84 Å². The quantitative estimate of drug-likeness (QED) is 0.557. The Hall–Kier alpha value is -1.33. The van der Waals surface area contributed by atoms with Crippen LogP contribution in [-0.2, 0) is 4.74 Å². The maximum atomic E-state index is 5.30. The van der Waals surface area contributed by atoms with E-state index in [4.69, 9.17) is 10.6 Å². The molecule has 0 aliphatic rings. The molecule has 1 heterocycles. The molecule has 84 valence electrons. The Morgan fingerprint density at radius 1 is 1.60 bits per heavy atom. The Morgan fingerprint density at radius 2 is 2.33 bits per heavy atom. The number of aromatic nitrogens is 1. The zero-order chi connectivity index (χ0) is 11.3. The molecule has 0 bridgehead atoms. The summed E-state index contributed by atoms with van der Waals surface area (Å²) in [5.74, 6) is 6.82. The van der Waals surface area contributed by atoms with Crippen molar-refractivity contribution in [1.29, 1.82) is 0 Å². The number of ether oxygens (including phenoxy) is 1. The Labute approximate surface area is 90.2 Å². The molecule has 15 heavy (non-hydrogen) atoms. The van der Waals surface area contributed by atoms with E-state index in [1.54, 1.807) is 7.11 Å². The molecule has 1 aromatic heterocycles. The van der Waals surface area contributed by atoms with Crippen molar-refractivity contribution >= 4 is 11.6 Å². The SMILES string of the molecule is COCC(C)N(C)c1cccc(NN)n1. The molecule has 1 rings (SSSR count). The topological polar surface area (TPSA) is 63.4 Å². The van der Waals surface area contributed by atoms with Gasteiger partial charge in [0.2, 0.25) is 0 Å². The standard InChI is InChI=1S/C10H18N4O/c1-8(7-15-3)14(2)10-6-4-5-9(12-10)13-11/h4-6,8H,7,11H2,1-3H3,(H,12,13). The number of likely N-dealkylation sites (N-methyl/N-ethyl adjacent to an activating group) is 1. The van der Waals surface area contributed by atoms with E-state index in [1.807, 2.05) is 30.1 Å². The van der Waals surface area contributed by atoms with Gasteiger partial charge >= 0.3 is 0 Å². The summed E-state index contributed by atoms with van der Waals surface area (Å²) in [7, 11) is 3.67. The Morgan fingerprint density at radius 3 is 2.93 bits per heavy atom. The Balaban J connectivity index is 2.76. The van der Waals surface area contributed by atoms with Crippen molar-refractivity contribution in [1.82, 2.24) is 4.98 Å². The van der Waals surface area contributed by atoms with Gasteiger partial charge in [0.05, 0.1) is 12.6 Å². The molecular formula is C10H18N4O. The summed E-state index contributed by atoms with van der Waals surface area (Å²) in [4.78, 5) is 6.37. The van der Waals surface area contributed by atoms with Gasteiger partial charge in [-0.25, -0.2) is 10.8 Å².